The van der Waals surface area contributed by atoms with Crippen LogP contribution in [0, 0.1) is 6.92 Å². The summed E-state index contributed by atoms with van der Waals surface area (Å²) >= 11 is 0. The van der Waals surface area contributed by atoms with Gasteiger partial charge >= 0.3 is 0 Å². The number of hydrogen-bond acceptors (Lipinski definition) is 2. The molecule has 4 aromatic rings. The fourth-order valence-corrected chi connectivity index (χ4v) is 2.68. The second kappa shape index (κ2) is 4.17. The summed E-state index contributed by atoms with van der Waals surface area (Å²) in [5, 5.41) is 1.17. The molecule has 0 atom stereocenters. The van der Waals surface area contributed by atoms with Crippen LogP contribution in [0.1, 0.15) is 5.56 Å². The SMILES string of the molecule is Cc1ccc2cccnc2c1-c1ccc2cncn2c1. The van der Waals surface area contributed by atoms with Crippen molar-refractivity contribution >= 4 is 16.4 Å². The van der Waals surface area contributed by atoms with Gasteiger partial charge in [0.1, 0.15) is 0 Å². The number of fused-ring (bicyclic) bond motifs is 2. The average molecular weight is 259 g/mol. The van der Waals surface area contributed by atoms with Crippen LogP contribution in [-0.4, -0.2) is 14.4 Å². The maximum atomic E-state index is 4.56. The van der Waals surface area contributed by atoms with E-state index in [0.29, 0.717) is 0 Å². The summed E-state index contributed by atoms with van der Waals surface area (Å²) < 4.78 is 2.04. The van der Waals surface area contributed by atoms with Crippen molar-refractivity contribution in [2.75, 3.05) is 0 Å². The molecule has 0 fully saturated rings. The summed E-state index contributed by atoms with van der Waals surface area (Å²) in [4.78, 5) is 8.73. The summed E-state index contributed by atoms with van der Waals surface area (Å²) in [6.45, 7) is 2.13. The molecule has 0 unspecified atom stereocenters. The van der Waals surface area contributed by atoms with Crippen LogP contribution in [-0.2, 0) is 0 Å². The van der Waals surface area contributed by atoms with E-state index in [1.165, 1.54) is 16.5 Å². The predicted octanol–water partition coefficient (Wildman–Crippen LogP) is 3.86. The Morgan fingerprint density at radius 3 is 2.95 bits per heavy atom. The van der Waals surface area contributed by atoms with Crippen molar-refractivity contribution in [2.45, 2.75) is 6.92 Å². The van der Waals surface area contributed by atoms with E-state index in [2.05, 4.69) is 53.4 Å². The minimum Gasteiger partial charge on any atom is -0.306 e. The van der Waals surface area contributed by atoms with Crippen LogP contribution in [0.2, 0.25) is 0 Å². The zero-order chi connectivity index (χ0) is 13.5. The molecule has 1 aromatic carbocycles. The number of aromatic nitrogens is 3. The van der Waals surface area contributed by atoms with Gasteiger partial charge in [-0.05, 0) is 24.6 Å². The number of rotatable bonds is 1. The summed E-state index contributed by atoms with van der Waals surface area (Å²) in [5.41, 5.74) is 5.73. The van der Waals surface area contributed by atoms with Crippen LogP contribution < -0.4 is 0 Å². The molecule has 4 rings (SSSR count). The van der Waals surface area contributed by atoms with Crippen molar-refractivity contribution in [1.82, 2.24) is 14.4 Å². The molecule has 0 aliphatic heterocycles. The Kier molecular flexibility index (Phi) is 2.33. The number of nitrogens with zero attached hydrogens (tertiary/aromatic N) is 3. The molecular formula is C17H13N3. The van der Waals surface area contributed by atoms with Gasteiger partial charge in [-0.15, -0.1) is 0 Å². The van der Waals surface area contributed by atoms with Crippen LogP contribution in [0.4, 0.5) is 0 Å². The number of pyridine rings is 2. The van der Waals surface area contributed by atoms with Crippen molar-refractivity contribution in [1.29, 1.82) is 0 Å². The molecule has 0 spiro atoms. The summed E-state index contributed by atoms with van der Waals surface area (Å²) in [6, 6.07) is 12.6. The molecule has 0 aliphatic carbocycles. The van der Waals surface area contributed by atoms with Crippen LogP contribution in [0.15, 0.2) is 61.3 Å². The van der Waals surface area contributed by atoms with Crippen molar-refractivity contribution in [3.05, 3.63) is 66.9 Å². The van der Waals surface area contributed by atoms with Crippen molar-refractivity contribution in [3.63, 3.8) is 0 Å². The molecule has 0 bridgehead atoms. The first-order valence-electron chi connectivity index (χ1n) is 6.59. The quantitative estimate of drug-likeness (QED) is 0.519. The van der Waals surface area contributed by atoms with Gasteiger partial charge in [0.25, 0.3) is 0 Å². The third kappa shape index (κ3) is 1.60. The molecule has 0 aliphatic rings. The van der Waals surface area contributed by atoms with Gasteiger partial charge in [0.05, 0.1) is 23.6 Å². The average Bonchev–Trinajstić information content (AvgIpc) is 2.94. The lowest BCUT2D eigenvalue weighted by Crippen LogP contribution is -1.91. The monoisotopic (exact) mass is 259 g/mol. The second-order valence-electron chi connectivity index (χ2n) is 4.98. The minimum absolute atomic E-state index is 1.05. The minimum atomic E-state index is 1.05. The molecule has 0 radical (unpaired) electrons. The van der Waals surface area contributed by atoms with Gasteiger partial charge in [-0.25, -0.2) is 4.98 Å². The highest BCUT2D eigenvalue weighted by Gasteiger charge is 2.09. The second-order valence-corrected chi connectivity index (χ2v) is 4.98. The van der Waals surface area contributed by atoms with Crippen LogP contribution in [0.25, 0.3) is 27.5 Å². The Bertz CT molecular complexity index is 922. The summed E-state index contributed by atoms with van der Waals surface area (Å²) in [5.74, 6) is 0. The van der Waals surface area contributed by atoms with Gasteiger partial charge in [0.2, 0.25) is 0 Å². The summed E-state index contributed by atoms with van der Waals surface area (Å²) in [7, 11) is 0. The lowest BCUT2D eigenvalue weighted by Gasteiger charge is -2.10. The molecule has 0 saturated carbocycles. The Morgan fingerprint density at radius 1 is 1.05 bits per heavy atom. The fourth-order valence-electron chi connectivity index (χ4n) is 2.68. The van der Waals surface area contributed by atoms with Gasteiger partial charge in [-0.3, -0.25) is 4.98 Å². The first-order chi connectivity index (χ1) is 9.83. The third-order valence-electron chi connectivity index (χ3n) is 3.68. The zero-order valence-electron chi connectivity index (χ0n) is 11.1. The van der Waals surface area contributed by atoms with Gasteiger partial charge in [0, 0.05) is 28.9 Å². The highest BCUT2D eigenvalue weighted by atomic mass is 15.0. The van der Waals surface area contributed by atoms with E-state index in [1.54, 1.807) is 0 Å². The van der Waals surface area contributed by atoms with Crippen molar-refractivity contribution < 1.29 is 0 Å². The number of imidazole rings is 1. The Morgan fingerprint density at radius 2 is 2.00 bits per heavy atom. The number of aryl methyl sites for hydroxylation is 1. The molecule has 3 nitrogen and oxygen atoms in total. The van der Waals surface area contributed by atoms with E-state index in [1.807, 2.05) is 29.2 Å². The van der Waals surface area contributed by atoms with E-state index in [4.69, 9.17) is 0 Å². The summed E-state index contributed by atoms with van der Waals surface area (Å²) in [6.07, 6.45) is 7.64. The van der Waals surface area contributed by atoms with Gasteiger partial charge in [-0.2, -0.15) is 0 Å². The molecule has 3 aromatic heterocycles. The maximum Gasteiger partial charge on any atom is 0.0992 e. The van der Waals surface area contributed by atoms with Crippen LogP contribution in [0.3, 0.4) is 0 Å². The molecular weight excluding hydrogens is 246 g/mol. The molecule has 0 N–H and O–H groups in total. The molecule has 3 heterocycles. The van der Waals surface area contributed by atoms with Crippen LogP contribution in [0.5, 0.6) is 0 Å². The zero-order valence-corrected chi connectivity index (χ0v) is 11.1. The standard InChI is InChI=1S/C17H13N3/c1-12-4-5-13-3-2-8-19-17(13)16(12)14-6-7-15-9-18-11-20(15)10-14/h2-11H,1H3. The smallest absolute Gasteiger partial charge is 0.0992 e. The van der Waals surface area contributed by atoms with E-state index >= 15 is 0 Å². The molecule has 0 amide bonds. The fraction of sp³-hybridized carbons (Fsp3) is 0.0588. The van der Waals surface area contributed by atoms with E-state index in [0.717, 1.165) is 16.6 Å². The molecule has 3 heteroatoms. The lowest BCUT2D eigenvalue weighted by atomic mass is 9.98. The van der Waals surface area contributed by atoms with Gasteiger partial charge < -0.3 is 4.40 Å². The highest BCUT2D eigenvalue weighted by molar-refractivity contribution is 5.95. The first-order valence-corrected chi connectivity index (χ1v) is 6.59. The first kappa shape index (κ1) is 11.2. The van der Waals surface area contributed by atoms with E-state index in [9.17, 15) is 0 Å². The van der Waals surface area contributed by atoms with E-state index in [-0.39, 0.29) is 0 Å². The van der Waals surface area contributed by atoms with E-state index < -0.39 is 0 Å². The molecule has 20 heavy (non-hydrogen) atoms. The van der Waals surface area contributed by atoms with Crippen molar-refractivity contribution in [2.24, 2.45) is 0 Å². The van der Waals surface area contributed by atoms with Gasteiger partial charge in [0.15, 0.2) is 0 Å². The normalized spacial score (nSPS) is 11.2. The maximum absolute atomic E-state index is 4.56. The largest absolute Gasteiger partial charge is 0.306 e. The molecule has 96 valence electrons. The topological polar surface area (TPSA) is 30.2 Å². The lowest BCUT2D eigenvalue weighted by molar-refractivity contribution is 1.15. The predicted molar refractivity (Wildman–Crippen MR) is 80.7 cm³/mol. The Hall–Kier alpha value is -2.68. The number of hydrogen-bond donors (Lipinski definition) is 0. The molecule has 0 saturated heterocycles. The Balaban J connectivity index is 2.07. The Labute approximate surface area is 116 Å². The van der Waals surface area contributed by atoms with Crippen molar-refractivity contribution in [3.8, 4) is 11.1 Å². The number of benzene rings is 1. The third-order valence-corrected chi connectivity index (χ3v) is 3.68. The van der Waals surface area contributed by atoms with Gasteiger partial charge in [-0.1, -0.05) is 24.3 Å². The van der Waals surface area contributed by atoms with Crippen LogP contribution >= 0.6 is 0 Å². The highest BCUT2D eigenvalue weighted by Crippen LogP contribution is 2.30.